The fourth-order valence-electron chi connectivity index (χ4n) is 3.40. The van der Waals surface area contributed by atoms with Gasteiger partial charge in [-0.1, -0.05) is 20.8 Å². The van der Waals surface area contributed by atoms with Crippen molar-refractivity contribution in [2.24, 2.45) is 5.92 Å². The van der Waals surface area contributed by atoms with Gasteiger partial charge in [0, 0.05) is 37.6 Å². The van der Waals surface area contributed by atoms with Crippen molar-refractivity contribution in [3.63, 3.8) is 0 Å². The van der Waals surface area contributed by atoms with E-state index in [2.05, 4.69) is 35.8 Å². The Kier molecular flexibility index (Phi) is 5.14. The first-order valence-electron chi connectivity index (χ1n) is 8.96. The lowest BCUT2D eigenvalue weighted by Gasteiger charge is -2.30. The van der Waals surface area contributed by atoms with E-state index < -0.39 is 0 Å². The zero-order valence-corrected chi connectivity index (χ0v) is 14.9. The minimum atomic E-state index is 0.0561. The first-order chi connectivity index (χ1) is 11.6. The maximum absolute atomic E-state index is 12.8. The van der Waals surface area contributed by atoms with Gasteiger partial charge in [-0.3, -0.25) is 9.69 Å². The third-order valence-corrected chi connectivity index (χ3v) is 4.89. The molecule has 130 valence electrons. The molecule has 1 aliphatic heterocycles. The predicted octanol–water partition coefficient (Wildman–Crippen LogP) is 2.44. The first-order valence-corrected chi connectivity index (χ1v) is 8.96. The van der Waals surface area contributed by atoms with Crippen LogP contribution in [0.15, 0.2) is 18.6 Å². The van der Waals surface area contributed by atoms with Gasteiger partial charge >= 0.3 is 0 Å². The summed E-state index contributed by atoms with van der Waals surface area (Å²) in [6.07, 6.45) is 7.78. The third-order valence-electron chi connectivity index (χ3n) is 4.89. The van der Waals surface area contributed by atoms with Crippen LogP contribution in [0.2, 0.25) is 0 Å². The van der Waals surface area contributed by atoms with Crippen LogP contribution in [0.25, 0.3) is 5.65 Å². The van der Waals surface area contributed by atoms with Gasteiger partial charge in [0.15, 0.2) is 5.65 Å². The van der Waals surface area contributed by atoms with E-state index >= 15 is 0 Å². The van der Waals surface area contributed by atoms with Gasteiger partial charge in [0.1, 0.15) is 5.56 Å². The highest BCUT2D eigenvalue weighted by atomic mass is 16.2. The number of fused-ring (bicyclic) bond motifs is 1. The van der Waals surface area contributed by atoms with Gasteiger partial charge in [-0.25, -0.2) is 9.50 Å². The van der Waals surface area contributed by atoms with Crippen molar-refractivity contribution >= 4 is 11.6 Å². The van der Waals surface area contributed by atoms with Crippen LogP contribution in [0.3, 0.4) is 0 Å². The summed E-state index contributed by atoms with van der Waals surface area (Å²) in [7, 11) is 0. The molecule has 0 N–H and O–H groups in total. The quantitative estimate of drug-likeness (QED) is 0.845. The van der Waals surface area contributed by atoms with Gasteiger partial charge in [0.2, 0.25) is 0 Å². The molecule has 6 nitrogen and oxygen atoms in total. The number of amides is 1. The van der Waals surface area contributed by atoms with Crippen molar-refractivity contribution in [1.82, 2.24) is 24.4 Å². The Morgan fingerprint density at radius 3 is 2.83 bits per heavy atom. The van der Waals surface area contributed by atoms with Crippen molar-refractivity contribution < 1.29 is 4.79 Å². The smallest absolute Gasteiger partial charge is 0.259 e. The van der Waals surface area contributed by atoms with Crippen molar-refractivity contribution in [2.45, 2.75) is 40.2 Å². The zero-order valence-electron chi connectivity index (χ0n) is 14.9. The van der Waals surface area contributed by atoms with E-state index in [1.807, 2.05) is 17.3 Å². The largest absolute Gasteiger partial charge is 0.338 e. The fraction of sp³-hybridized carbons (Fsp3) is 0.611. The molecule has 1 saturated heterocycles. The van der Waals surface area contributed by atoms with E-state index in [0.717, 1.165) is 44.7 Å². The van der Waals surface area contributed by atoms with Crippen molar-refractivity contribution in [2.75, 3.05) is 26.2 Å². The molecule has 24 heavy (non-hydrogen) atoms. The molecule has 3 heterocycles. The topological polar surface area (TPSA) is 53.7 Å². The minimum absolute atomic E-state index is 0.0561. The molecule has 2 aromatic heterocycles. The number of nitrogens with zero attached hydrogens (tertiary/aromatic N) is 5. The standard InChI is InChI=1S/C18H27N5O/c1-4-21(5-2)12-15-9-19-17-16(10-20-23(17)13-15)18(24)22-8-6-7-14(3)11-22/h9-10,13-14H,4-8,11-12H2,1-3H3/t14-/m1/s1. The normalized spacial score (nSPS) is 18.5. The molecule has 0 spiro atoms. The molecule has 3 rings (SSSR count). The first kappa shape index (κ1) is 16.9. The van der Waals surface area contributed by atoms with Crippen LogP contribution in [-0.2, 0) is 6.54 Å². The molecule has 6 heteroatoms. The SMILES string of the molecule is CCN(CC)Cc1cnc2c(C(=O)N3CCC[C@@H](C)C3)cnn2c1. The molecule has 0 aromatic carbocycles. The maximum atomic E-state index is 12.8. The number of hydrogen-bond donors (Lipinski definition) is 0. The molecule has 0 radical (unpaired) electrons. The predicted molar refractivity (Wildman–Crippen MR) is 93.9 cm³/mol. The monoisotopic (exact) mass is 329 g/mol. The van der Waals surface area contributed by atoms with Crippen LogP contribution in [-0.4, -0.2) is 56.5 Å². The Morgan fingerprint density at radius 1 is 1.33 bits per heavy atom. The summed E-state index contributed by atoms with van der Waals surface area (Å²) in [6, 6.07) is 0. The molecule has 0 aliphatic carbocycles. The molecule has 1 fully saturated rings. The highest BCUT2D eigenvalue weighted by molar-refractivity contribution is 5.99. The average Bonchev–Trinajstić information content (AvgIpc) is 3.02. The number of rotatable bonds is 5. The van der Waals surface area contributed by atoms with Gasteiger partial charge in [-0.15, -0.1) is 0 Å². The summed E-state index contributed by atoms with van der Waals surface area (Å²) in [4.78, 5) is 21.6. The lowest BCUT2D eigenvalue weighted by Crippen LogP contribution is -2.39. The second-order valence-electron chi connectivity index (χ2n) is 6.75. The fourth-order valence-corrected chi connectivity index (χ4v) is 3.40. The van der Waals surface area contributed by atoms with Crippen LogP contribution in [0.4, 0.5) is 0 Å². The lowest BCUT2D eigenvalue weighted by atomic mass is 10.00. The Balaban J connectivity index is 1.81. The van der Waals surface area contributed by atoms with Gasteiger partial charge in [-0.2, -0.15) is 5.10 Å². The summed E-state index contributed by atoms with van der Waals surface area (Å²) in [5, 5.41) is 4.36. The summed E-state index contributed by atoms with van der Waals surface area (Å²) in [5.74, 6) is 0.624. The van der Waals surface area contributed by atoms with Crippen LogP contribution in [0.5, 0.6) is 0 Å². The van der Waals surface area contributed by atoms with Crippen molar-refractivity contribution in [1.29, 1.82) is 0 Å². The average molecular weight is 329 g/mol. The number of carbonyl (C=O) groups excluding carboxylic acids is 1. The maximum Gasteiger partial charge on any atom is 0.259 e. The van der Waals surface area contributed by atoms with Crippen LogP contribution < -0.4 is 0 Å². The molecule has 1 atom stereocenters. The molecule has 1 aliphatic rings. The van der Waals surface area contributed by atoms with Gasteiger partial charge in [-0.05, 0) is 31.8 Å². The highest BCUT2D eigenvalue weighted by Crippen LogP contribution is 2.19. The molecular weight excluding hydrogens is 302 g/mol. The van der Waals surface area contributed by atoms with Gasteiger partial charge in [0.25, 0.3) is 5.91 Å². The summed E-state index contributed by atoms with van der Waals surface area (Å²) < 4.78 is 1.74. The Hall–Kier alpha value is -1.95. The van der Waals surface area contributed by atoms with E-state index in [9.17, 15) is 4.79 Å². The zero-order chi connectivity index (χ0) is 17.1. The number of piperidine rings is 1. The Labute approximate surface area is 143 Å². The summed E-state index contributed by atoms with van der Waals surface area (Å²) in [6.45, 7) is 11.0. The Bertz CT molecular complexity index is 706. The number of hydrogen-bond acceptors (Lipinski definition) is 4. The molecule has 0 saturated carbocycles. The van der Waals surface area contributed by atoms with E-state index in [1.165, 1.54) is 6.42 Å². The van der Waals surface area contributed by atoms with Gasteiger partial charge in [0.05, 0.1) is 6.20 Å². The van der Waals surface area contributed by atoms with E-state index in [4.69, 9.17) is 0 Å². The lowest BCUT2D eigenvalue weighted by molar-refractivity contribution is 0.0685. The molecule has 0 bridgehead atoms. The summed E-state index contributed by atoms with van der Waals surface area (Å²) >= 11 is 0. The van der Waals surface area contributed by atoms with Crippen LogP contribution in [0.1, 0.15) is 49.5 Å². The second-order valence-corrected chi connectivity index (χ2v) is 6.75. The molecule has 2 aromatic rings. The van der Waals surface area contributed by atoms with E-state index in [-0.39, 0.29) is 5.91 Å². The number of aromatic nitrogens is 3. The Morgan fingerprint density at radius 2 is 2.12 bits per heavy atom. The van der Waals surface area contributed by atoms with Crippen LogP contribution >= 0.6 is 0 Å². The molecule has 1 amide bonds. The molecular formula is C18H27N5O. The highest BCUT2D eigenvalue weighted by Gasteiger charge is 2.25. The number of likely N-dealkylation sites (tertiary alicyclic amines) is 1. The van der Waals surface area contributed by atoms with E-state index in [1.54, 1.807) is 10.7 Å². The number of carbonyl (C=O) groups is 1. The van der Waals surface area contributed by atoms with Gasteiger partial charge < -0.3 is 4.90 Å². The van der Waals surface area contributed by atoms with Crippen LogP contribution in [0, 0.1) is 5.92 Å². The molecule has 0 unspecified atom stereocenters. The third kappa shape index (κ3) is 3.43. The van der Waals surface area contributed by atoms with E-state index in [0.29, 0.717) is 17.1 Å². The minimum Gasteiger partial charge on any atom is -0.338 e. The second kappa shape index (κ2) is 7.30. The van der Waals surface area contributed by atoms with Crippen molar-refractivity contribution in [3.8, 4) is 0 Å². The van der Waals surface area contributed by atoms with Crippen molar-refractivity contribution in [3.05, 3.63) is 29.7 Å². The summed E-state index contributed by atoms with van der Waals surface area (Å²) in [5.41, 5.74) is 2.37.